The second-order valence-corrected chi connectivity index (χ2v) is 9.04. The van der Waals surface area contributed by atoms with Crippen LogP contribution in [0.4, 0.5) is 0 Å². The Hall–Kier alpha value is -3.58. The molecule has 1 unspecified atom stereocenters. The quantitative estimate of drug-likeness (QED) is 0.227. The zero-order valence-corrected chi connectivity index (χ0v) is 19.7. The predicted octanol–water partition coefficient (Wildman–Crippen LogP) is 5.46. The van der Waals surface area contributed by atoms with Gasteiger partial charge >= 0.3 is 0 Å². The smallest absolute Gasteiger partial charge is 0.296 e. The molecular formula is C26H21BrN2O4. The van der Waals surface area contributed by atoms with Gasteiger partial charge in [0, 0.05) is 39.7 Å². The molecule has 1 saturated heterocycles. The van der Waals surface area contributed by atoms with Gasteiger partial charge in [-0.2, -0.15) is 0 Å². The van der Waals surface area contributed by atoms with Crippen LogP contribution in [0.5, 0.6) is 0 Å². The number of ketones is 1. The monoisotopic (exact) mass is 504 g/mol. The number of amides is 1. The van der Waals surface area contributed by atoms with E-state index in [0.717, 1.165) is 26.5 Å². The number of hydrogen-bond acceptors (Lipinski definition) is 4. The lowest BCUT2D eigenvalue weighted by Gasteiger charge is -2.24. The van der Waals surface area contributed by atoms with Crippen LogP contribution in [0.3, 0.4) is 0 Å². The maximum absolute atomic E-state index is 13.3. The van der Waals surface area contributed by atoms with Crippen LogP contribution in [0, 0.1) is 6.92 Å². The van der Waals surface area contributed by atoms with Crippen molar-refractivity contribution < 1.29 is 19.1 Å². The molecule has 1 amide bonds. The van der Waals surface area contributed by atoms with Gasteiger partial charge in [0.15, 0.2) is 0 Å². The van der Waals surface area contributed by atoms with Gasteiger partial charge in [0.05, 0.1) is 24.4 Å². The molecule has 0 saturated carbocycles. The fourth-order valence-corrected chi connectivity index (χ4v) is 4.72. The molecule has 0 spiro atoms. The minimum atomic E-state index is -0.759. The topological polar surface area (TPSA) is 75.7 Å². The second-order valence-electron chi connectivity index (χ2n) is 8.18. The van der Waals surface area contributed by atoms with Crippen molar-refractivity contribution in [2.45, 2.75) is 19.5 Å². The summed E-state index contributed by atoms with van der Waals surface area (Å²) in [5, 5.41) is 12.2. The Kier molecular flexibility index (Phi) is 5.21. The fraction of sp³-hybridized carbons (Fsp3) is 0.154. The Balaban J connectivity index is 1.75. The zero-order valence-electron chi connectivity index (χ0n) is 18.1. The number of Topliss-reactive ketones (excluding diaryl/α,β-unsaturated/α-hetero) is 1. The molecule has 1 atom stereocenters. The number of likely N-dealkylation sites (tertiary alicyclic amines) is 1. The van der Waals surface area contributed by atoms with Crippen molar-refractivity contribution in [2.24, 2.45) is 7.05 Å². The number of carbonyl (C=O) groups excluding carboxylic acids is 2. The number of benzene rings is 2. The van der Waals surface area contributed by atoms with E-state index in [1.807, 2.05) is 55.1 Å². The van der Waals surface area contributed by atoms with Crippen molar-refractivity contribution in [3.05, 3.63) is 99.6 Å². The lowest BCUT2D eigenvalue weighted by molar-refractivity contribution is -0.140. The van der Waals surface area contributed by atoms with E-state index in [4.69, 9.17) is 4.42 Å². The van der Waals surface area contributed by atoms with Crippen LogP contribution in [0.1, 0.15) is 28.5 Å². The minimum absolute atomic E-state index is 0.0737. The van der Waals surface area contributed by atoms with Crippen molar-refractivity contribution >= 4 is 44.3 Å². The molecule has 4 aromatic rings. The third-order valence-electron chi connectivity index (χ3n) is 6.10. The normalized spacial score (nSPS) is 17.9. The largest absolute Gasteiger partial charge is 0.507 e. The van der Waals surface area contributed by atoms with Crippen LogP contribution in [0.15, 0.2) is 81.5 Å². The maximum atomic E-state index is 13.3. The van der Waals surface area contributed by atoms with E-state index in [2.05, 4.69) is 15.9 Å². The summed E-state index contributed by atoms with van der Waals surface area (Å²) < 4.78 is 8.32. The summed E-state index contributed by atoms with van der Waals surface area (Å²) in [5.41, 5.74) is 3.21. The van der Waals surface area contributed by atoms with Crippen LogP contribution in [0.2, 0.25) is 0 Å². The van der Waals surface area contributed by atoms with Gasteiger partial charge in [0.1, 0.15) is 11.5 Å². The molecule has 0 radical (unpaired) electrons. The number of fused-ring (bicyclic) bond motifs is 1. The van der Waals surface area contributed by atoms with Crippen molar-refractivity contribution in [3.8, 4) is 0 Å². The van der Waals surface area contributed by atoms with Crippen LogP contribution in [-0.2, 0) is 23.2 Å². The van der Waals surface area contributed by atoms with Gasteiger partial charge in [-0.1, -0.05) is 40.2 Å². The second kappa shape index (κ2) is 8.08. The van der Waals surface area contributed by atoms with Gasteiger partial charge in [-0.05, 0) is 42.8 Å². The first kappa shape index (κ1) is 21.3. The number of aromatic nitrogens is 1. The lowest BCUT2D eigenvalue weighted by atomic mass is 9.94. The van der Waals surface area contributed by atoms with E-state index < -0.39 is 17.7 Å². The summed E-state index contributed by atoms with van der Waals surface area (Å²) in [5.74, 6) is -1.01. The summed E-state index contributed by atoms with van der Waals surface area (Å²) >= 11 is 3.46. The molecule has 3 heterocycles. The van der Waals surface area contributed by atoms with Gasteiger partial charge in [-0.15, -0.1) is 0 Å². The van der Waals surface area contributed by atoms with Gasteiger partial charge in [0.25, 0.3) is 11.7 Å². The molecule has 2 aromatic heterocycles. The summed E-state index contributed by atoms with van der Waals surface area (Å²) in [7, 11) is 1.92. The molecule has 2 aromatic carbocycles. The summed E-state index contributed by atoms with van der Waals surface area (Å²) in [4.78, 5) is 28.0. The first-order valence-corrected chi connectivity index (χ1v) is 11.3. The molecular weight excluding hydrogens is 484 g/mol. The van der Waals surface area contributed by atoms with Crippen molar-refractivity contribution in [3.63, 3.8) is 0 Å². The van der Waals surface area contributed by atoms with Crippen LogP contribution >= 0.6 is 15.9 Å². The number of para-hydroxylation sites is 1. The lowest BCUT2D eigenvalue weighted by Crippen LogP contribution is -2.29. The minimum Gasteiger partial charge on any atom is -0.507 e. The van der Waals surface area contributed by atoms with E-state index in [1.165, 1.54) is 11.2 Å². The van der Waals surface area contributed by atoms with Crippen molar-refractivity contribution in [1.82, 2.24) is 9.47 Å². The Morgan fingerprint density at radius 1 is 1.12 bits per heavy atom. The number of nitrogens with zero attached hydrogens (tertiary/aromatic N) is 2. The van der Waals surface area contributed by atoms with Gasteiger partial charge in [-0.25, -0.2) is 0 Å². The Morgan fingerprint density at radius 3 is 2.64 bits per heavy atom. The molecule has 1 N–H and O–H groups in total. The first-order chi connectivity index (χ1) is 15.9. The van der Waals surface area contributed by atoms with Crippen LogP contribution in [-0.4, -0.2) is 26.3 Å². The summed E-state index contributed by atoms with van der Waals surface area (Å²) in [6.07, 6.45) is 3.44. The SMILES string of the molecule is Cc1cc(/C(O)=C2\C(=O)C(=O)N(Cc3ccco3)C2c2cn(C)c3ccccc23)ccc1Br. The number of aliphatic hydroxyl groups excluding tert-OH is 1. The number of carbonyl (C=O) groups is 2. The Morgan fingerprint density at radius 2 is 1.91 bits per heavy atom. The molecule has 0 bridgehead atoms. The molecule has 5 rings (SSSR count). The van der Waals surface area contributed by atoms with E-state index >= 15 is 0 Å². The third kappa shape index (κ3) is 3.49. The molecule has 0 aliphatic carbocycles. The molecule has 166 valence electrons. The Bertz CT molecular complexity index is 1430. The maximum Gasteiger partial charge on any atom is 0.296 e. The number of aliphatic hydroxyl groups is 1. The highest BCUT2D eigenvalue weighted by Crippen LogP contribution is 2.43. The standard InChI is InChI=1S/C26H21BrN2O4/c1-15-12-16(9-10-20(15)27)24(30)22-23(19-14-28(2)21-8-4-3-7-18(19)21)29(26(32)25(22)31)13-17-6-5-11-33-17/h3-12,14,23,30H,13H2,1-2H3/b24-22+. The molecule has 6 nitrogen and oxygen atoms in total. The van der Waals surface area contributed by atoms with Gasteiger partial charge in [-0.3, -0.25) is 9.59 Å². The van der Waals surface area contributed by atoms with E-state index in [0.29, 0.717) is 11.3 Å². The molecule has 1 aliphatic heterocycles. The van der Waals surface area contributed by atoms with Crippen LogP contribution < -0.4 is 0 Å². The molecule has 33 heavy (non-hydrogen) atoms. The van der Waals surface area contributed by atoms with E-state index in [9.17, 15) is 14.7 Å². The molecule has 1 fully saturated rings. The van der Waals surface area contributed by atoms with Crippen molar-refractivity contribution in [1.29, 1.82) is 0 Å². The summed E-state index contributed by atoms with van der Waals surface area (Å²) in [6, 6.07) is 15.9. The predicted molar refractivity (Wildman–Crippen MR) is 128 cm³/mol. The zero-order chi connectivity index (χ0) is 23.3. The number of aryl methyl sites for hydroxylation is 2. The number of halogens is 1. The average molecular weight is 505 g/mol. The third-order valence-corrected chi connectivity index (χ3v) is 6.99. The number of furan rings is 1. The van der Waals surface area contributed by atoms with E-state index in [-0.39, 0.29) is 17.9 Å². The molecule has 7 heteroatoms. The number of hydrogen-bond donors (Lipinski definition) is 1. The van der Waals surface area contributed by atoms with Crippen LogP contribution in [0.25, 0.3) is 16.7 Å². The van der Waals surface area contributed by atoms with Crippen molar-refractivity contribution in [2.75, 3.05) is 0 Å². The van der Waals surface area contributed by atoms with Gasteiger partial charge in [0.2, 0.25) is 0 Å². The first-order valence-electron chi connectivity index (χ1n) is 10.5. The van der Waals surface area contributed by atoms with E-state index in [1.54, 1.807) is 24.3 Å². The fourth-order valence-electron chi connectivity index (χ4n) is 4.48. The average Bonchev–Trinajstić information content (AvgIpc) is 3.50. The highest BCUT2D eigenvalue weighted by Gasteiger charge is 2.47. The van der Waals surface area contributed by atoms with Gasteiger partial charge < -0.3 is 19.0 Å². The Labute approximate surface area is 198 Å². The highest BCUT2D eigenvalue weighted by atomic mass is 79.9. The number of rotatable bonds is 4. The molecule has 1 aliphatic rings. The summed E-state index contributed by atoms with van der Waals surface area (Å²) in [6.45, 7) is 2.01. The highest BCUT2D eigenvalue weighted by molar-refractivity contribution is 9.10.